The molecule has 36 heavy (non-hydrogen) atoms. The summed E-state index contributed by atoms with van der Waals surface area (Å²) in [6.07, 6.45) is 1.69. The number of esters is 1. The summed E-state index contributed by atoms with van der Waals surface area (Å²) < 4.78 is 4.52. The average molecular weight is 503 g/mol. The number of nitrogens with zero attached hydrogens (tertiary/aromatic N) is 2. The smallest absolute Gasteiger partial charge is 0.353 e. The molecule has 1 aliphatic heterocycles. The lowest BCUT2D eigenvalue weighted by Gasteiger charge is -2.18. The molecule has 2 N–H and O–H groups in total. The molecule has 0 saturated carbocycles. The number of aromatic nitrogens is 1. The summed E-state index contributed by atoms with van der Waals surface area (Å²) in [6.45, 7) is 7.65. The van der Waals surface area contributed by atoms with Crippen molar-refractivity contribution in [3.63, 3.8) is 0 Å². The van der Waals surface area contributed by atoms with Gasteiger partial charge in [-0.05, 0) is 34.9 Å². The average Bonchev–Trinajstić information content (AvgIpc) is 3.54. The van der Waals surface area contributed by atoms with E-state index in [1.54, 1.807) is 30.5 Å². The minimum atomic E-state index is -0.796. The fourth-order valence-electron chi connectivity index (χ4n) is 3.73. The van der Waals surface area contributed by atoms with E-state index < -0.39 is 11.9 Å². The molecular formula is C26H22N4O5S. The molecular weight excluding hydrogens is 480 g/mol. The number of carbonyl (C=O) groups excluding carboxylic acids is 4. The second-order valence-corrected chi connectivity index (χ2v) is 8.76. The van der Waals surface area contributed by atoms with Gasteiger partial charge < -0.3 is 15.4 Å². The number of hydrogen-bond donors (Lipinski definition) is 2. The first-order chi connectivity index (χ1) is 17.3. The Hall–Kier alpha value is -4.57. The molecule has 3 aromatic rings. The van der Waals surface area contributed by atoms with Crippen molar-refractivity contribution in [2.75, 3.05) is 7.11 Å². The maximum atomic E-state index is 13.0. The molecule has 0 saturated heterocycles. The molecule has 3 amide bonds. The van der Waals surface area contributed by atoms with E-state index in [-0.39, 0.29) is 29.8 Å². The van der Waals surface area contributed by atoms with E-state index in [2.05, 4.69) is 33.5 Å². The van der Waals surface area contributed by atoms with E-state index in [4.69, 9.17) is 0 Å². The highest BCUT2D eigenvalue weighted by molar-refractivity contribution is 7.09. The normalized spacial score (nSPS) is 12.0. The summed E-state index contributed by atoms with van der Waals surface area (Å²) >= 11 is 1.47. The number of thiazole rings is 1. The van der Waals surface area contributed by atoms with Crippen LogP contribution in [0, 0.1) is 0 Å². The van der Waals surface area contributed by atoms with Gasteiger partial charge in [-0.25, -0.2) is 9.78 Å². The molecule has 0 aliphatic carbocycles. The second kappa shape index (κ2) is 10.4. The summed E-state index contributed by atoms with van der Waals surface area (Å²) in [5, 5.41) is 7.80. The summed E-state index contributed by atoms with van der Waals surface area (Å²) in [6, 6.07) is 12.4. The maximum absolute atomic E-state index is 13.0. The summed E-state index contributed by atoms with van der Waals surface area (Å²) in [4.78, 5) is 54.9. The Bertz CT molecular complexity index is 1380. The van der Waals surface area contributed by atoms with Crippen LogP contribution in [0.15, 0.2) is 78.6 Å². The van der Waals surface area contributed by atoms with Gasteiger partial charge in [0.2, 0.25) is 0 Å². The molecule has 0 atom stereocenters. The van der Waals surface area contributed by atoms with Crippen LogP contribution in [0.5, 0.6) is 0 Å². The molecule has 0 bridgehead atoms. The molecule has 0 radical (unpaired) electrons. The van der Waals surface area contributed by atoms with Crippen molar-refractivity contribution < 1.29 is 23.9 Å². The van der Waals surface area contributed by atoms with Crippen molar-refractivity contribution in [3.8, 4) is 11.1 Å². The van der Waals surface area contributed by atoms with E-state index in [1.807, 2.05) is 23.6 Å². The van der Waals surface area contributed by atoms with Gasteiger partial charge in [-0.3, -0.25) is 19.3 Å². The van der Waals surface area contributed by atoms with Gasteiger partial charge in [-0.1, -0.05) is 37.4 Å². The van der Waals surface area contributed by atoms with Gasteiger partial charge in [0, 0.05) is 22.7 Å². The summed E-state index contributed by atoms with van der Waals surface area (Å²) in [7, 11) is 1.16. The topological polar surface area (TPSA) is 118 Å². The molecule has 0 spiro atoms. The number of hydrogen-bond acceptors (Lipinski definition) is 7. The van der Waals surface area contributed by atoms with Gasteiger partial charge >= 0.3 is 5.97 Å². The van der Waals surface area contributed by atoms with Gasteiger partial charge in [0.15, 0.2) is 0 Å². The molecule has 182 valence electrons. The van der Waals surface area contributed by atoms with E-state index in [0.29, 0.717) is 17.7 Å². The highest BCUT2D eigenvalue weighted by atomic mass is 32.1. The second-order valence-electron chi connectivity index (χ2n) is 7.78. The Morgan fingerprint density at radius 2 is 1.83 bits per heavy atom. The minimum Gasteiger partial charge on any atom is -0.464 e. The predicted molar refractivity (Wildman–Crippen MR) is 133 cm³/mol. The minimum absolute atomic E-state index is 0.122. The molecule has 0 unspecified atom stereocenters. The van der Waals surface area contributed by atoms with E-state index in [9.17, 15) is 19.2 Å². The van der Waals surface area contributed by atoms with Crippen molar-refractivity contribution in [2.45, 2.75) is 13.1 Å². The zero-order valence-corrected chi connectivity index (χ0v) is 20.2. The van der Waals surface area contributed by atoms with E-state index in [0.717, 1.165) is 28.8 Å². The van der Waals surface area contributed by atoms with Gasteiger partial charge in [0.25, 0.3) is 17.7 Å². The number of fused-ring (bicyclic) bond motifs is 1. The molecule has 0 fully saturated rings. The molecule has 2 aromatic carbocycles. The third kappa shape index (κ3) is 4.93. The largest absolute Gasteiger partial charge is 0.464 e. The third-order valence-corrected chi connectivity index (χ3v) is 6.37. The van der Waals surface area contributed by atoms with Crippen molar-refractivity contribution in [3.05, 3.63) is 100 Å². The van der Waals surface area contributed by atoms with E-state index >= 15 is 0 Å². The quantitative estimate of drug-likeness (QED) is 0.361. The van der Waals surface area contributed by atoms with Crippen LogP contribution in [0.25, 0.3) is 11.1 Å². The van der Waals surface area contributed by atoms with Gasteiger partial charge in [0.1, 0.15) is 16.4 Å². The molecule has 1 aliphatic rings. The Kier molecular flexibility index (Phi) is 7.07. The summed E-state index contributed by atoms with van der Waals surface area (Å²) in [5.74, 6) is -2.13. The van der Waals surface area contributed by atoms with Crippen molar-refractivity contribution in [1.29, 1.82) is 0 Å². The number of amides is 3. The number of benzene rings is 2. The predicted octanol–water partition coefficient (Wildman–Crippen LogP) is 3.01. The molecule has 9 nitrogen and oxygen atoms in total. The third-order valence-electron chi connectivity index (χ3n) is 5.59. The van der Waals surface area contributed by atoms with Gasteiger partial charge in [-0.2, -0.15) is 0 Å². The number of carbonyl (C=O) groups is 4. The lowest BCUT2D eigenvalue weighted by atomic mass is 9.96. The standard InChI is InChI=1S/C26H22N4O5S/c1-15(26(34)35-3)29-23(31)16(2)30-14-21-19(5-4-6-20(21)25(30)33)17-7-9-18(10-8-17)24(32)28-13-22-27-11-12-36-22/h4-12H,1-2,13-14H2,3H3,(H,28,32)(H,29,31). The van der Waals surface area contributed by atoms with Crippen molar-refractivity contribution >= 4 is 35.0 Å². The van der Waals surface area contributed by atoms with Crippen LogP contribution in [-0.4, -0.2) is 40.7 Å². The van der Waals surface area contributed by atoms with Gasteiger partial charge in [0.05, 0.1) is 20.2 Å². The fraction of sp³-hybridized carbons (Fsp3) is 0.115. The van der Waals surface area contributed by atoms with Crippen molar-refractivity contribution in [1.82, 2.24) is 20.5 Å². The maximum Gasteiger partial charge on any atom is 0.353 e. The lowest BCUT2D eigenvalue weighted by Crippen LogP contribution is -2.36. The number of nitrogens with one attached hydrogen (secondary N) is 2. The zero-order valence-electron chi connectivity index (χ0n) is 19.4. The molecule has 2 heterocycles. The zero-order chi connectivity index (χ0) is 25.8. The van der Waals surface area contributed by atoms with Crippen LogP contribution in [0.2, 0.25) is 0 Å². The van der Waals surface area contributed by atoms with E-state index in [1.165, 1.54) is 16.2 Å². The van der Waals surface area contributed by atoms with Crippen LogP contribution >= 0.6 is 11.3 Å². The SMILES string of the molecule is C=C(NC(=O)C(=C)N1Cc2c(cccc2-c2ccc(C(=O)NCc3nccs3)cc2)C1=O)C(=O)OC. The van der Waals surface area contributed by atoms with Crippen LogP contribution in [0.1, 0.15) is 31.3 Å². The first-order valence-electron chi connectivity index (χ1n) is 10.8. The fourth-order valence-corrected chi connectivity index (χ4v) is 4.28. The van der Waals surface area contributed by atoms with Gasteiger partial charge in [-0.15, -0.1) is 11.3 Å². The Labute approximate surface area is 211 Å². The highest BCUT2D eigenvalue weighted by Gasteiger charge is 2.33. The van der Waals surface area contributed by atoms with Crippen molar-refractivity contribution in [2.24, 2.45) is 0 Å². The number of rotatable bonds is 8. The monoisotopic (exact) mass is 502 g/mol. The van der Waals surface area contributed by atoms with Crippen LogP contribution < -0.4 is 10.6 Å². The van der Waals surface area contributed by atoms with Crippen LogP contribution in [-0.2, 0) is 27.4 Å². The number of ether oxygens (including phenoxy) is 1. The highest BCUT2D eigenvalue weighted by Crippen LogP contribution is 2.34. The Morgan fingerprint density at radius 3 is 2.50 bits per heavy atom. The van der Waals surface area contributed by atoms with Crippen LogP contribution in [0.3, 0.4) is 0 Å². The number of methoxy groups -OCH3 is 1. The molecule has 10 heteroatoms. The first-order valence-corrected chi connectivity index (χ1v) is 11.7. The molecule has 4 rings (SSSR count). The first kappa shape index (κ1) is 24.6. The Balaban J connectivity index is 1.49. The lowest BCUT2D eigenvalue weighted by molar-refractivity contribution is -0.137. The molecule has 1 aromatic heterocycles. The Morgan fingerprint density at radius 1 is 1.11 bits per heavy atom. The van der Waals surface area contributed by atoms with Crippen LogP contribution in [0.4, 0.5) is 0 Å². The summed E-state index contributed by atoms with van der Waals surface area (Å²) in [5.41, 5.74) is 2.89.